The van der Waals surface area contributed by atoms with Gasteiger partial charge in [0.1, 0.15) is 12.1 Å². The van der Waals surface area contributed by atoms with Gasteiger partial charge < -0.3 is 36.6 Å². The van der Waals surface area contributed by atoms with Crippen molar-refractivity contribution in [2.45, 2.75) is 71.4 Å². The van der Waals surface area contributed by atoms with Gasteiger partial charge in [-0.25, -0.2) is 19.2 Å². The molecule has 0 rings (SSSR count). The summed E-state index contributed by atoms with van der Waals surface area (Å²) < 4.78 is 0. The van der Waals surface area contributed by atoms with Gasteiger partial charge in [-0.3, -0.25) is 4.79 Å². The van der Waals surface area contributed by atoms with Crippen molar-refractivity contribution in [2.24, 2.45) is 5.92 Å². The summed E-state index contributed by atoms with van der Waals surface area (Å²) in [6, 6.07) is -4.15. The molecule has 0 aromatic rings. The molecule has 7 N–H and O–H groups in total. The number of aliphatic carboxylic acids is 3. The molecule has 12 heteroatoms. The topological polar surface area (TPSA) is 194 Å². The summed E-state index contributed by atoms with van der Waals surface area (Å²) >= 11 is 0. The molecule has 192 valence electrons. The number of carbonyl (C=O) groups is 5. The molecule has 0 spiro atoms. The Kier molecular flexibility index (Phi) is 15.2. The van der Waals surface area contributed by atoms with E-state index in [1.807, 2.05) is 39.0 Å². The number of rotatable bonds is 16. The Bertz CT molecular complexity index is 764. The standard InChI is InChI=1S/C22H36N4O8/c1-4-7-15(10-9-14(2)3)24-21(33)23-13-6-5-8-16(19(29)30)25-22(34)26-17(20(31)32)11-12-18(27)28/h7,9-10,14,16-17H,4-6,8,11-13H2,1-3H3,(H,27,28)(H,29,30)(H,31,32)(H2,23,24,33)(H2,25,26,34)/b10-9-,15-7+. The predicted octanol–water partition coefficient (Wildman–Crippen LogP) is 2.03. The molecule has 0 aromatic heterocycles. The largest absolute Gasteiger partial charge is 0.481 e. The molecular formula is C22H36N4O8. The maximum atomic E-state index is 12.0. The van der Waals surface area contributed by atoms with Crippen molar-refractivity contribution in [3.05, 3.63) is 23.9 Å². The predicted molar refractivity (Wildman–Crippen MR) is 124 cm³/mol. The van der Waals surface area contributed by atoms with Crippen LogP contribution < -0.4 is 21.3 Å². The summed E-state index contributed by atoms with van der Waals surface area (Å²) in [5.74, 6) is -3.61. The summed E-state index contributed by atoms with van der Waals surface area (Å²) in [4.78, 5) is 57.1. The highest BCUT2D eigenvalue weighted by Crippen LogP contribution is 2.04. The number of allylic oxidation sites excluding steroid dienone is 3. The first kappa shape index (κ1) is 30.4. The fourth-order valence-corrected chi connectivity index (χ4v) is 2.67. The van der Waals surface area contributed by atoms with Gasteiger partial charge in [0.2, 0.25) is 0 Å². The van der Waals surface area contributed by atoms with E-state index in [1.54, 1.807) is 0 Å². The number of hydrogen-bond donors (Lipinski definition) is 7. The SMILES string of the molecule is CC/C=C(\C=C/C(C)C)NC(=O)NCCCCC(NC(=O)NC(CCC(=O)O)C(=O)O)C(=O)O. The van der Waals surface area contributed by atoms with Crippen LogP contribution in [0, 0.1) is 5.92 Å². The number of urea groups is 2. The second kappa shape index (κ2) is 17.0. The Morgan fingerprint density at radius 2 is 1.44 bits per heavy atom. The Hall–Kier alpha value is -3.57. The third-order valence-electron chi connectivity index (χ3n) is 4.40. The zero-order chi connectivity index (χ0) is 26.1. The van der Waals surface area contributed by atoms with Crippen LogP contribution in [0.1, 0.15) is 59.3 Å². The van der Waals surface area contributed by atoms with E-state index in [-0.39, 0.29) is 25.4 Å². The Morgan fingerprint density at radius 3 is 1.94 bits per heavy atom. The monoisotopic (exact) mass is 484 g/mol. The first-order valence-electron chi connectivity index (χ1n) is 11.1. The molecule has 34 heavy (non-hydrogen) atoms. The lowest BCUT2D eigenvalue weighted by Gasteiger charge is -2.18. The Balaban J connectivity index is 4.49. The van der Waals surface area contributed by atoms with Crippen LogP contribution in [-0.2, 0) is 14.4 Å². The normalized spacial score (nSPS) is 13.2. The molecule has 0 saturated heterocycles. The highest BCUT2D eigenvalue weighted by Gasteiger charge is 2.24. The number of carboxylic acids is 3. The summed E-state index contributed by atoms with van der Waals surface area (Å²) in [7, 11) is 0. The molecule has 2 unspecified atom stereocenters. The molecule has 0 aliphatic heterocycles. The summed E-state index contributed by atoms with van der Waals surface area (Å²) in [5, 5.41) is 36.7. The maximum absolute atomic E-state index is 12.0. The summed E-state index contributed by atoms with van der Waals surface area (Å²) in [6.45, 7) is 6.28. The molecule has 2 atom stereocenters. The van der Waals surface area contributed by atoms with Gasteiger partial charge in [0.25, 0.3) is 0 Å². The third-order valence-corrected chi connectivity index (χ3v) is 4.40. The Morgan fingerprint density at radius 1 is 0.853 bits per heavy atom. The molecule has 0 bridgehead atoms. The van der Waals surface area contributed by atoms with E-state index < -0.39 is 42.4 Å². The zero-order valence-corrected chi connectivity index (χ0v) is 19.8. The number of amides is 4. The first-order chi connectivity index (χ1) is 16.0. The smallest absolute Gasteiger partial charge is 0.326 e. The van der Waals surface area contributed by atoms with Gasteiger partial charge in [-0.2, -0.15) is 0 Å². The van der Waals surface area contributed by atoms with Gasteiger partial charge in [-0.15, -0.1) is 0 Å². The molecule has 0 saturated carbocycles. The number of nitrogens with one attached hydrogen (secondary N) is 4. The van der Waals surface area contributed by atoms with Crippen molar-refractivity contribution in [1.29, 1.82) is 0 Å². The van der Waals surface area contributed by atoms with Crippen LogP contribution in [0.15, 0.2) is 23.9 Å². The summed E-state index contributed by atoms with van der Waals surface area (Å²) in [6.07, 6.45) is 6.48. The highest BCUT2D eigenvalue weighted by atomic mass is 16.4. The van der Waals surface area contributed by atoms with Crippen molar-refractivity contribution in [3.63, 3.8) is 0 Å². The fourth-order valence-electron chi connectivity index (χ4n) is 2.67. The lowest BCUT2D eigenvalue weighted by Crippen LogP contribution is -2.51. The van der Waals surface area contributed by atoms with Crippen LogP contribution in [0.25, 0.3) is 0 Å². The van der Waals surface area contributed by atoms with E-state index in [0.717, 1.165) is 6.42 Å². The van der Waals surface area contributed by atoms with Crippen LogP contribution in [0.4, 0.5) is 9.59 Å². The molecule has 0 aliphatic carbocycles. The van der Waals surface area contributed by atoms with Gasteiger partial charge in [0, 0.05) is 18.7 Å². The molecule has 0 radical (unpaired) electrons. The minimum absolute atomic E-state index is 0.0526. The molecular weight excluding hydrogens is 448 g/mol. The summed E-state index contributed by atoms with van der Waals surface area (Å²) in [5.41, 5.74) is 0.679. The average Bonchev–Trinajstić information content (AvgIpc) is 2.73. The van der Waals surface area contributed by atoms with E-state index in [0.29, 0.717) is 24.5 Å². The number of unbranched alkanes of at least 4 members (excludes halogenated alkanes) is 1. The molecule has 12 nitrogen and oxygen atoms in total. The number of carboxylic acid groups (broad SMARTS) is 3. The minimum atomic E-state index is -1.46. The fraction of sp³-hybridized carbons (Fsp3) is 0.591. The molecule has 0 heterocycles. The van der Waals surface area contributed by atoms with Gasteiger partial charge >= 0.3 is 30.0 Å². The van der Waals surface area contributed by atoms with E-state index in [1.165, 1.54) is 0 Å². The van der Waals surface area contributed by atoms with Gasteiger partial charge in [0.05, 0.1) is 0 Å². The van der Waals surface area contributed by atoms with Crippen LogP contribution in [-0.4, -0.2) is 63.9 Å². The second-order valence-corrected chi connectivity index (χ2v) is 7.88. The minimum Gasteiger partial charge on any atom is -0.481 e. The highest BCUT2D eigenvalue weighted by molar-refractivity contribution is 5.86. The van der Waals surface area contributed by atoms with Crippen LogP contribution >= 0.6 is 0 Å². The molecule has 0 aromatic carbocycles. The number of hydrogen-bond acceptors (Lipinski definition) is 5. The van der Waals surface area contributed by atoms with Gasteiger partial charge in [-0.05, 0) is 44.1 Å². The quantitative estimate of drug-likeness (QED) is 0.128. The van der Waals surface area contributed by atoms with Crippen LogP contribution in [0.5, 0.6) is 0 Å². The lowest BCUT2D eigenvalue weighted by atomic mass is 10.1. The van der Waals surface area contributed by atoms with Crippen molar-refractivity contribution in [3.8, 4) is 0 Å². The van der Waals surface area contributed by atoms with Gasteiger partial charge in [0.15, 0.2) is 0 Å². The van der Waals surface area contributed by atoms with Crippen LogP contribution in [0.3, 0.4) is 0 Å². The Labute approximate surface area is 198 Å². The van der Waals surface area contributed by atoms with Crippen molar-refractivity contribution in [1.82, 2.24) is 21.3 Å². The first-order valence-corrected chi connectivity index (χ1v) is 11.1. The van der Waals surface area contributed by atoms with Crippen LogP contribution in [0.2, 0.25) is 0 Å². The molecule has 4 amide bonds. The second-order valence-electron chi connectivity index (χ2n) is 7.88. The van der Waals surface area contributed by atoms with E-state index in [2.05, 4.69) is 21.3 Å². The average molecular weight is 485 g/mol. The van der Waals surface area contributed by atoms with Crippen molar-refractivity contribution in [2.75, 3.05) is 6.54 Å². The van der Waals surface area contributed by atoms with E-state index in [4.69, 9.17) is 10.2 Å². The van der Waals surface area contributed by atoms with Gasteiger partial charge in [-0.1, -0.05) is 32.9 Å². The van der Waals surface area contributed by atoms with Crippen molar-refractivity contribution < 1.29 is 39.3 Å². The zero-order valence-electron chi connectivity index (χ0n) is 19.8. The molecule has 0 aliphatic rings. The third kappa shape index (κ3) is 15.3. The number of carbonyl (C=O) groups excluding carboxylic acids is 2. The molecule has 0 fully saturated rings. The van der Waals surface area contributed by atoms with E-state index in [9.17, 15) is 29.1 Å². The lowest BCUT2D eigenvalue weighted by molar-refractivity contribution is -0.140. The maximum Gasteiger partial charge on any atom is 0.326 e. The van der Waals surface area contributed by atoms with E-state index >= 15 is 0 Å². The van der Waals surface area contributed by atoms with Crippen molar-refractivity contribution >= 4 is 30.0 Å².